The summed E-state index contributed by atoms with van der Waals surface area (Å²) in [5.74, 6) is -0.0400. The standard InChI is InChI=1S/C18H19NO4/c1-11(20)13-4-6-15(7-5-13)19-17(21)10-23-18(22)16-9-12-2-3-14(16)8-12/h2-7,12,14,16H,8-10H2,1H3,(H,19,21)/t12-,14-,16+/m0/s1. The second-order valence-corrected chi connectivity index (χ2v) is 6.18. The molecular formula is C18H19NO4. The summed E-state index contributed by atoms with van der Waals surface area (Å²) < 4.78 is 5.14. The van der Waals surface area contributed by atoms with Crippen LogP contribution in [0, 0.1) is 17.8 Å². The molecular weight excluding hydrogens is 294 g/mol. The van der Waals surface area contributed by atoms with Crippen LogP contribution in [-0.4, -0.2) is 24.3 Å². The van der Waals surface area contributed by atoms with Crippen LogP contribution >= 0.6 is 0 Å². The molecule has 1 aromatic carbocycles. The molecule has 1 amide bonds. The SMILES string of the molecule is CC(=O)c1ccc(NC(=O)COC(=O)[C@@H]2C[C@H]3C=C[C@H]2C3)cc1. The number of fused-ring (bicyclic) bond motifs is 2. The first-order valence-corrected chi connectivity index (χ1v) is 7.79. The quantitative estimate of drug-likeness (QED) is 0.515. The average molecular weight is 313 g/mol. The fourth-order valence-corrected chi connectivity index (χ4v) is 3.28. The van der Waals surface area contributed by atoms with Gasteiger partial charge in [-0.2, -0.15) is 0 Å². The van der Waals surface area contributed by atoms with E-state index in [0.29, 0.717) is 17.2 Å². The van der Waals surface area contributed by atoms with Gasteiger partial charge < -0.3 is 10.1 Å². The Balaban J connectivity index is 1.47. The van der Waals surface area contributed by atoms with Gasteiger partial charge in [0.2, 0.25) is 0 Å². The number of amides is 1. The Kier molecular flexibility index (Phi) is 4.28. The zero-order valence-electron chi connectivity index (χ0n) is 13.0. The van der Waals surface area contributed by atoms with Crippen LogP contribution in [0.5, 0.6) is 0 Å². The van der Waals surface area contributed by atoms with Crippen molar-refractivity contribution in [1.29, 1.82) is 0 Å². The van der Waals surface area contributed by atoms with Crippen molar-refractivity contribution in [2.75, 3.05) is 11.9 Å². The molecule has 0 unspecified atom stereocenters. The molecule has 1 saturated carbocycles. The van der Waals surface area contributed by atoms with Gasteiger partial charge in [-0.25, -0.2) is 0 Å². The number of Topliss-reactive ketones (excluding diaryl/α,β-unsaturated/α-hetero) is 1. The molecule has 0 aromatic heterocycles. The van der Waals surface area contributed by atoms with E-state index in [1.54, 1.807) is 24.3 Å². The Labute approximate surface area is 134 Å². The minimum atomic E-state index is -0.382. The van der Waals surface area contributed by atoms with Gasteiger partial charge in [-0.3, -0.25) is 14.4 Å². The van der Waals surface area contributed by atoms with Crippen molar-refractivity contribution in [3.05, 3.63) is 42.0 Å². The number of ketones is 1. The van der Waals surface area contributed by atoms with Crippen LogP contribution in [0.3, 0.4) is 0 Å². The molecule has 23 heavy (non-hydrogen) atoms. The van der Waals surface area contributed by atoms with E-state index in [1.165, 1.54) is 6.92 Å². The normalized spacial score (nSPS) is 24.5. The smallest absolute Gasteiger partial charge is 0.310 e. The van der Waals surface area contributed by atoms with Crippen molar-refractivity contribution in [2.24, 2.45) is 17.8 Å². The second kappa shape index (κ2) is 6.36. The monoisotopic (exact) mass is 313 g/mol. The molecule has 3 atom stereocenters. The maximum Gasteiger partial charge on any atom is 0.310 e. The second-order valence-electron chi connectivity index (χ2n) is 6.18. The minimum absolute atomic E-state index is 0.0308. The Morgan fingerprint density at radius 3 is 2.43 bits per heavy atom. The van der Waals surface area contributed by atoms with Crippen LogP contribution in [0.2, 0.25) is 0 Å². The summed E-state index contributed by atoms with van der Waals surface area (Å²) >= 11 is 0. The number of hydrogen-bond acceptors (Lipinski definition) is 4. The first kappa shape index (κ1) is 15.5. The molecule has 5 heteroatoms. The molecule has 2 aliphatic rings. The molecule has 2 bridgehead atoms. The van der Waals surface area contributed by atoms with Crippen LogP contribution in [0.1, 0.15) is 30.1 Å². The van der Waals surface area contributed by atoms with E-state index in [1.807, 2.05) is 0 Å². The number of carbonyl (C=O) groups is 3. The van der Waals surface area contributed by atoms with Gasteiger partial charge >= 0.3 is 5.97 Å². The van der Waals surface area contributed by atoms with Crippen LogP contribution in [0.4, 0.5) is 5.69 Å². The van der Waals surface area contributed by atoms with Gasteiger partial charge in [-0.15, -0.1) is 0 Å². The summed E-state index contributed by atoms with van der Waals surface area (Å²) in [5, 5.41) is 2.65. The van der Waals surface area contributed by atoms with E-state index in [2.05, 4.69) is 17.5 Å². The summed E-state index contributed by atoms with van der Waals surface area (Å²) in [5.41, 5.74) is 1.15. The highest BCUT2D eigenvalue weighted by atomic mass is 16.5. The van der Waals surface area contributed by atoms with Crippen molar-refractivity contribution < 1.29 is 19.1 Å². The number of nitrogens with one attached hydrogen (secondary N) is 1. The zero-order chi connectivity index (χ0) is 16.4. The molecule has 5 nitrogen and oxygen atoms in total. The van der Waals surface area contributed by atoms with Crippen LogP contribution in [0.15, 0.2) is 36.4 Å². The van der Waals surface area contributed by atoms with Crippen molar-refractivity contribution in [2.45, 2.75) is 19.8 Å². The number of benzene rings is 1. The lowest BCUT2D eigenvalue weighted by atomic mass is 9.94. The summed E-state index contributed by atoms with van der Waals surface area (Å²) in [6.45, 7) is 1.20. The molecule has 0 heterocycles. The predicted octanol–water partition coefficient (Wildman–Crippen LogP) is 2.58. The topological polar surface area (TPSA) is 72.5 Å². The van der Waals surface area contributed by atoms with Gasteiger partial charge in [-0.05, 0) is 55.9 Å². The third-order valence-corrected chi connectivity index (χ3v) is 4.50. The molecule has 3 rings (SSSR count). The Hall–Kier alpha value is -2.43. The van der Waals surface area contributed by atoms with Crippen molar-refractivity contribution in [3.63, 3.8) is 0 Å². The van der Waals surface area contributed by atoms with Gasteiger partial charge in [0.15, 0.2) is 12.4 Å². The van der Waals surface area contributed by atoms with E-state index in [9.17, 15) is 14.4 Å². The van der Waals surface area contributed by atoms with Crippen molar-refractivity contribution >= 4 is 23.3 Å². The lowest BCUT2D eigenvalue weighted by Crippen LogP contribution is -2.26. The maximum absolute atomic E-state index is 12.0. The summed E-state index contributed by atoms with van der Waals surface area (Å²) in [4.78, 5) is 35.1. The Morgan fingerprint density at radius 2 is 1.87 bits per heavy atom. The molecule has 120 valence electrons. The molecule has 1 fully saturated rings. The van der Waals surface area contributed by atoms with Gasteiger partial charge in [-0.1, -0.05) is 12.2 Å². The highest BCUT2D eigenvalue weighted by molar-refractivity contribution is 5.96. The number of anilines is 1. The number of rotatable bonds is 5. The lowest BCUT2D eigenvalue weighted by Gasteiger charge is -2.16. The van der Waals surface area contributed by atoms with Crippen LogP contribution in [0.25, 0.3) is 0 Å². The van der Waals surface area contributed by atoms with Crippen LogP contribution in [-0.2, 0) is 14.3 Å². The van der Waals surface area contributed by atoms with E-state index >= 15 is 0 Å². The van der Waals surface area contributed by atoms with Gasteiger partial charge in [0, 0.05) is 11.3 Å². The molecule has 0 spiro atoms. The number of carbonyl (C=O) groups excluding carboxylic acids is 3. The molecule has 0 aliphatic heterocycles. The van der Waals surface area contributed by atoms with Crippen molar-refractivity contribution in [1.82, 2.24) is 0 Å². The lowest BCUT2D eigenvalue weighted by molar-refractivity contribution is -0.152. The molecule has 2 aliphatic carbocycles. The van der Waals surface area contributed by atoms with Gasteiger partial charge in [0.05, 0.1) is 5.92 Å². The number of hydrogen-bond donors (Lipinski definition) is 1. The highest BCUT2D eigenvalue weighted by Crippen LogP contribution is 2.43. The van der Waals surface area contributed by atoms with Crippen LogP contribution < -0.4 is 5.32 Å². The van der Waals surface area contributed by atoms with E-state index < -0.39 is 0 Å². The third kappa shape index (κ3) is 3.50. The Bertz CT molecular complexity index is 662. The summed E-state index contributed by atoms with van der Waals surface area (Å²) in [7, 11) is 0. The summed E-state index contributed by atoms with van der Waals surface area (Å²) in [6, 6.07) is 6.59. The summed E-state index contributed by atoms with van der Waals surface area (Å²) in [6.07, 6.45) is 6.09. The molecule has 1 aromatic rings. The van der Waals surface area contributed by atoms with E-state index in [0.717, 1.165) is 12.8 Å². The number of ether oxygens (including phenoxy) is 1. The van der Waals surface area contributed by atoms with Gasteiger partial charge in [0.25, 0.3) is 5.91 Å². The molecule has 0 radical (unpaired) electrons. The Morgan fingerprint density at radius 1 is 1.13 bits per heavy atom. The van der Waals surface area contributed by atoms with E-state index in [-0.39, 0.29) is 36.1 Å². The largest absolute Gasteiger partial charge is 0.455 e. The highest BCUT2D eigenvalue weighted by Gasteiger charge is 2.40. The fraction of sp³-hybridized carbons (Fsp3) is 0.389. The minimum Gasteiger partial charge on any atom is -0.455 e. The zero-order valence-corrected chi connectivity index (χ0v) is 13.0. The predicted molar refractivity (Wildman–Crippen MR) is 84.9 cm³/mol. The van der Waals surface area contributed by atoms with Gasteiger partial charge in [0.1, 0.15) is 0 Å². The average Bonchev–Trinajstić information content (AvgIpc) is 3.16. The number of esters is 1. The van der Waals surface area contributed by atoms with E-state index in [4.69, 9.17) is 4.74 Å². The first-order valence-electron chi connectivity index (χ1n) is 7.79. The molecule has 0 saturated heterocycles. The maximum atomic E-state index is 12.0. The fourth-order valence-electron chi connectivity index (χ4n) is 3.28. The molecule has 1 N–H and O–H groups in total. The first-order chi connectivity index (χ1) is 11.0. The van der Waals surface area contributed by atoms with Crippen molar-refractivity contribution in [3.8, 4) is 0 Å². The third-order valence-electron chi connectivity index (χ3n) is 4.50. The number of allylic oxidation sites excluding steroid dienone is 2.